The monoisotopic (exact) mass is 471 g/mol. The van der Waals surface area contributed by atoms with Crippen molar-refractivity contribution in [1.82, 2.24) is 9.80 Å². The zero-order chi connectivity index (χ0) is 23.9. The van der Waals surface area contributed by atoms with Gasteiger partial charge in [-0.05, 0) is 66.8 Å². The van der Waals surface area contributed by atoms with Gasteiger partial charge in [0.05, 0.1) is 5.56 Å². The summed E-state index contributed by atoms with van der Waals surface area (Å²) in [6, 6.07) is 14.4. The van der Waals surface area contributed by atoms with Gasteiger partial charge in [-0.1, -0.05) is 30.3 Å². The molecule has 1 saturated carbocycles. The Kier molecular flexibility index (Phi) is 5.78. The third-order valence-electron chi connectivity index (χ3n) is 7.66. The molecule has 2 aromatic carbocycles. The highest BCUT2D eigenvalue weighted by Crippen LogP contribution is 2.49. The molecule has 3 fully saturated rings. The predicted molar refractivity (Wildman–Crippen MR) is 122 cm³/mol. The molecule has 2 saturated heterocycles. The minimum atomic E-state index is -4.40. The normalized spacial score (nSPS) is 23.7. The molecule has 3 amide bonds. The number of nitrogens with one attached hydrogen (secondary N) is 1. The molecule has 2 aromatic rings. The number of piperidine rings is 1. The quantitative estimate of drug-likeness (QED) is 0.656. The molecule has 8 heteroatoms. The fourth-order valence-corrected chi connectivity index (χ4v) is 5.43. The lowest BCUT2D eigenvalue weighted by molar-refractivity contribution is -0.137. The number of likely N-dealkylation sites (tertiary alicyclic amines) is 2. The number of halogens is 3. The smallest absolute Gasteiger partial charge is 0.342 e. The summed E-state index contributed by atoms with van der Waals surface area (Å²) < 4.78 is 38.2. The van der Waals surface area contributed by atoms with E-state index >= 15 is 0 Å². The van der Waals surface area contributed by atoms with Crippen molar-refractivity contribution in [3.05, 3.63) is 65.7 Å². The van der Waals surface area contributed by atoms with Gasteiger partial charge in [0, 0.05) is 37.8 Å². The van der Waals surface area contributed by atoms with Crippen LogP contribution in [0.4, 0.5) is 23.7 Å². The number of anilines is 1. The molecule has 2 atom stereocenters. The molecular weight excluding hydrogens is 443 g/mol. The van der Waals surface area contributed by atoms with Crippen molar-refractivity contribution in [2.45, 2.75) is 37.8 Å². The van der Waals surface area contributed by atoms with Gasteiger partial charge in [0.1, 0.15) is 0 Å². The summed E-state index contributed by atoms with van der Waals surface area (Å²) in [5, 5.41) is 2.71. The molecule has 1 spiro atoms. The number of hydrogen-bond acceptors (Lipinski definition) is 2. The number of alkyl halides is 3. The zero-order valence-electron chi connectivity index (χ0n) is 18.9. The van der Waals surface area contributed by atoms with Crippen molar-refractivity contribution < 1.29 is 22.8 Å². The summed E-state index contributed by atoms with van der Waals surface area (Å²) in [7, 11) is 0. The first-order valence-electron chi connectivity index (χ1n) is 11.8. The predicted octanol–water partition coefficient (Wildman–Crippen LogP) is 5.36. The van der Waals surface area contributed by atoms with E-state index in [0.717, 1.165) is 37.8 Å². The first kappa shape index (κ1) is 22.7. The van der Waals surface area contributed by atoms with Gasteiger partial charge < -0.3 is 15.1 Å². The van der Waals surface area contributed by atoms with E-state index in [2.05, 4.69) is 17.4 Å². The Morgan fingerprint density at radius 1 is 0.882 bits per heavy atom. The maximum absolute atomic E-state index is 13.0. The minimum absolute atomic E-state index is 0.0106. The molecule has 0 radical (unpaired) electrons. The van der Waals surface area contributed by atoms with Crippen LogP contribution < -0.4 is 5.32 Å². The molecule has 3 aliphatic rings. The van der Waals surface area contributed by atoms with Gasteiger partial charge in [-0.2, -0.15) is 13.2 Å². The van der Waals surface area contributed by atoms with Gasteiger partial charge in [0.2, 0.25) is 5.91 Å². The van der Waals surface area contributed by atoms with Crippen LogP contribution in [0.25, 0.3) is 0 Å². The van der Waals surface area contributed by atoms with Crippen LogP contribution in [0.5, 0.6) is 0 Å². The molecule has 0 unspecified atom stereocenters. The third-order valence-corrected chi connectivity index (χ3v) is 7.66. The second-order valence-corrected chi connectivity index (χ2v) is 9.86. The molecule has 2 aliphatic heterocycles. The summed E-state index contributed by atoms with van der Waals surface area (Å²) in [6.45, 7) is 2.65. The van der Waals surface area contributed by atoms with Gasteiger partial charge in [-0.25, -0.2) is 4.79 Å². The lowest BCUT2D eigenvalue weighted by Gasteiger charge is -2.39. The van der Waals surface area contributed by atoms with Crippen molar-refractivity contribution in [3.63, 3.8) is 0 Å². The summed E-state index contributed by atoms with van der Waals surface area (Å²) in [5.74, 6) is 0.671. The fraction of sp³-hybridized carbons (Fsp3) is 0.462. The molecule has 34 heavy (non-hydrogen) atoms. The van der Waals surface area contributed by atoms with E-state index in [0.29, 0.717) is 37.8 Å². The third kappa shape index (κ3) is 4.63. The highest BCUT2D eigenvalue weighted by Gasteiger charge is 2.48. The standard InChI is InChI=1S/C26H28F3N3O2/c27-26(28,29)19-6-8-20(9-7-19)30-24(34)32-15-12-25(17-32)10-13-31(14-11-25)23(33)22-16-21(22)18-4-2-1-3-5-18/h1-9,21-22H,10-17H2,(H,30,34)/t21-,22+/m0/s1. The lowest BCUT2D eigenvalue weighted by atomic mass is 9.77. The number of nitrogens with zero attached hydrogens (tertiary/aromatic N) is 2. The minimum Gasteiger partial charge on any atom is -0.342 e. The van der Waals surface area contributed by atoms with E-state index in [4.69, 9.17) is 0 Å². The summed E-state index contributed by atoms with van der Waals surface area (Å²) >= 11 is 0. The number of amides is 3. The highest BCUT2D eigenvalue weighted by molar-refractivity contribution is 5.89. The molecule has 0 bridgehead atoms. The summed E-state index contributed by atoms with van der Waals surface area (Å²) in [6.07, 6.45) is -0.868. The van der Waals surface area contributed by atoms with E-state index in [9.17, 15) is 22.8 Å². The van der Waals surface area contributed by atoms with Crippen molar-refractivity contribution in [2.24, 2.45) is 11.3 Å². The zero-order valence-corrected chi connectivity index (χ0v) is 18.9. The molecule has 1 N–H and O–H groups in total. The van der Waals surface area contributed by atoms with Crippen molar-refractivity contribution in [1.29, 1.82) is 0 Å². The molecule has 2 heterocycles. The van der Waals surface area contributed by atoms with E-state index in [1.807, 2.05) is 23.1 Å². The van der Waals surface area contributed by atoms with Gasteiger partial charge in [-0.3, -0.25) is 4.79 Å². The fourth-order valence-electron chi connectivity index (χ4n) is 5.43. The maximum atomic E-state index is 13.0. The van der Waals surface area contributed by atoms with Crippen molar-refractivity contribution in [2.75, 3.05) is 31.5 Å². The van der Waals surface area contributed by atoms with E-state index < -0.39 is 11.7 Å². The van der Waals surface area contributed by atoms with Crippen LogP contribution in [0.1, 0.15) is 42.7 Å². The Hall–Kier alpha value is -3.03. The first-order valence-corrected chi connectivity index (χ1v) is 11.8. The average Bonchev–Trinajstić information content (AvgIpc) is 3.53. The SMILES string of the molecule is O=C(Nc1ccc(C(F)(F)F)cc1)N1CCC2(CCN(C(=O)[C@@H]3C[C@H]3c3ccccc3)CC2)C1. The van der Waals surface area contributed by atoms with Crippen molar-refractivity contribution in [3.8, 4) is 0 Å². The lowest BCUT2D eigenvalue weighted by Crippen LogP contribution is -2.45. The van der Waals surface area contributed by atoms with E-state index in [-0.39, 0.29) is 23.3 Å². The number of benzene rings is 2. The summed E-state index contributed by atoms with van der Waals surface area (Å²) in [5.41, 5.74) is 0.848. The second-order valence-electron chi connectivity index (χ2n) is 9.86. The van der Waals surface area contributed by atoms with E-state index in [1.165, 1.54) is 17.7 Å². The number of carbonyl (C=O) groups excluding carboxylic acids is 2. The molecule has 1 aliphatic carbocycles. The van der Waals surface area contributed by atoms with Crippen LogP contribution in [0.3, 0.4) is 0 Å². The number of hydrogen-bond donors (Lipinski definition) is 1. The Balaban J connectivity index is 1.11. The van der Waals surface area contributed by atoms with Gasteiger partial charge in [-0.15, -0.1) is 0 Å². The molecule has 5 nitrogen and oxygen atoms in total. The first-order chi connectivity index (χ1) is 16.2. The number of urea groups is 1. The van der Waals surface area contributed by atoms with Crippen LogP contribution in [0, 0.1) is 11.3 Å². The Bertz CT molecular complexity index is 1050. The van der Waals surface area contributed by atoms with Gasteiger partial charge in [0.15, 0.2) is 0 Å². The molecular formula is C26H28F3N3O2. The Morgan fingerprint density at radius 2 is 1.50 bits per heavy atom. The van der Waals surface area contributed by atoms with Crippen LogP contribution in [0.2, 0.25) is 0 Å². The molecule has 5 rings (SSSR count). The van der Waals surface area contributed by atoms with Crippen LogP contribution >= 0.6 is 0 Å². The van der Waals surface area contributed by atoms with Crippen LogP contribution in [-0.4, -0.2) is 47.9 Å². The van der Waals surface area contributed by atoms with Crippen molar-refractivity contribution >= 4 is 17.6 Å². The molecule has 0 aromatic heterocycles. The largest absolute Gasteiger partial charge is 0.416 e. The Morgan fingerprint density at radius 3 is 2.12 bits per heavy atom. The highest BCUT2D eigenvalue weighted by atomic mass is 19.4. The second kappa shape index (κ2) is 8.64. The average molecular weight is 472 g/mol. The molecule has 180 valence electrons. The van der Waals surface area contributed by atoms with Crippen LogP contribution in [-0.2, 0) is 11.0 Å². The van der Waals surface area contributed by atoms with Gasteiger partial charge in [0.25, 0.3) is 0 Å². The van der Waals surface area contributed by atoms with Gasteiger partial charge >= 0.3 is 12.2 Å². The van der Waals surface area contributed by atoms with Crippen LogP contribution in [0.15, 0.2) is 54.6 Å². The topological polar surface area (TPSA) is 52.7 Å². The number of rotatable bonds is 3. The summed E-state index contributed by atoms with van der Waals surface area (Å²) in [4.78, 5) is 29.4. The Labute approximate surface area is 196 Å². The number of carbonyl (C=O) groups is 2. The van der Waals surface area contributed by atoms with E-state index in [1.54, 1.807) is 4.90 Å². The maximum Gasteiger partial charge on any atom is 0.416 e.